The zero-order valence-electron chi connectivity index (χ0n) is 12.4. The number of anilines is 1. The van der Waals surface area contributed by atoms with Gasteiger partial charge < -0.3 is 10.4 Å². The normalized spacial score (nSPS) is 19.4. The first-order chi connectivity index (χ1) is 10.0. The number of hydrogen-bond acceptors (Lipinski definition) is 5. The van der Waals surface area contributed by atoms with Crippen LogP contribution in [0.3, 0.4) is 0 Å². The van der Waals surface area contributed by atoms with Gasteiger partial charge in [0.15, 0.2) is 5.13 Å². The van der Waals surface area contributed by atoms with Crippen LogP contribution in [-0.2, 0) is 16.0 Å². The molecule has 0 radical (unpaired) electrons. The monoisotopic (exact) mass is 311 g/mol. The highest BCUT2D eigenvalue weighted by Gasteiger charge is 2.29. The summed E-state index contributed by atoms with van der Waals surface area (Å²) in [6, 6.07) is -0.547. The van der Waals surface area contributed by atoms with Crippen molar-refractivity contribution in [2.24, 2.45) is 0 Å². The lowest BCUT2D eigenvalue weighted by molar-refractivity contribution is -0.145. The average molecular weight is 311 g/mol. The van der Waals surface area contributed by atoms with Gasteiger partial charge in [-0.05, 0) is 32.7 Å². The third-order valence-corrected chi connectivity index (χ3v) is 4.65. The van der Waals surface area contributed by atoms with E-state index in [4.69, 9.17) is 0 Å². The molecule has 0 aromatic carbocycles. The van der Waals surface area contributed by atoms with Crippen LogP contribution in [0, 0.1) is 6.92 Å². The summed E-state index contributed by atoms with van der Waals surface area (Å²) in [5, 5.41) is 12.6. The summed E-state index contributed by atoms with van der Waals surface area (Å²) in [7, 11) is 0. The van der Waals surface area contributed by atoms with Gasteiger partial charge in [-0.3, -0.25) is 14.5 Å². The predicted molar refractivity (Wildman–Crippen MR) is 81.7 cm³/mol. The minimum absolute atomic E-state index is 0.108. The summed E-state index contributed by atoms with van der Waals surface area (Å²) in [5.41, 5.74) is 0.997. The molecular formula is C14H21N3O3S. The van der Waals surface area contributed by atoms with E-state index in [2.05, 4.69) is 10.3 Å². The Morgan fingerprint density at radius 1 is 1.48 bits per heavy atom. The first-order valence-corrected chi connectivity index (χ1v) is 8.06. The van der Waals surface area contributed by atoms with Crippen LogP contribution in [0.1, 0.15) is 36.8 Å². The van der Waals surface area contributed by atoms with Crippen LogP contribution >= 0.6 is 11.3 Å². The van der Waals surface area contributed by atoms with Crippen LogP contribution in [0.15, 0.2) is 0 Å². The third-order valence-electron chi connectivity index (χ3n) is 3.72. The predicted octanol–water partition coefficient (Wildman–Crippen LogP) is 1.89. The number of likely N-dealkylation sites (tertiary alicyclic amines) is 1. The summed E-state index contributed by atoms with van der Waals surface area (Å²) in [5.74, 6) is -1.04. The van der Waals surface area contributed by atoms with E-state index < -0.39 is 12.0 Å². The van der Waals surface area contributed by atoms with E-state index in [1.54, 1.807) is 4.90 Å². The zero-order chi connectivity index (χ0) is 15.4. The highest BCUT2D eigenvalue weighted by molar-refractivity contribution is 7.15. The number of carboxylic acid groups (broad SMARTS) is 1. The van der Waals surface area contributed by atoms with Crippen LogP contribution in [-0.4, -0.2) is 46.0 Å². The van der Waals surface area contributed by atoms with Gasteiger partial charge in [0.25, 0.3) is 0 Å². The molecule has 116 valence electrons. The van der Waals surface area contributed by atoms with Gasteiger partial charge in [-0.15, -0.1) is 11.3 Å². The molecule has 1 unspecified atom stereocenters. The van der Waals surface area contributed by atoms with Gasteiger partial charge >= 0.3 is 5.97 Å². The van der Waals surface area contributed by atoms with Crippen molar-refractivity contribution >= 4 is 28.3 Å². The first-order valence-electron chi connectivity index (χ1n) is 7.24. The van der Waals surface area contributed by atoms with Gasteiger partial charge in [0, 0.05) is 4.88 Å². The fraction of sp³-hybridized carbons (Fsp3) is 0.643. The Hall–Kier alpha value is -1.47. The Bertz CT molecular complexity index is 530. The average Bonchev–Trinajstić information content (AvgIpc) is 2.78. The van der Waals surface area contributed by atoms with Gasteiger partial charge in [0.05, 0.1) is 12.2 Å². The van der Waals surface area contributed by atoms with Crippen molar-refractivity contribution in [1.82, 2.24) is 9.88 Å². The van der Waals surface area contributed by atoms with E-state index in [0.29, 0.717) is 18.1 Å². The van der Waals surface area contributed by atoms with Crippen LogP contribution in [0.25, 0.3) is 0 Å². The second-order valence-corrected chi connectivity index (χ2v) is 6.45. The van der Waals surface area contributed by atoms with Gasteiger partial charge in [-0.25, -0.2) is 4.98 Å². The molecule has 1 atom stereocenters. The Labute approximate surface area is 128 Å². The van der Waals surface area contributed by atoms with Gasteiger partial charge in [-0.2, -0.15) is 0 Å². The molecule has 0 spiro atoms. The Morgan fingerprint density at radius 2 is 2.24 bits per heavy atom. The minimum atomic E-state index is -0.846. The number of piperidine rings is 1. The number of rotatable bonds is 5. The standard InChI is InChI=1S/C14H21N3O3S/c1-3-10-9(2)21-14(15-10)16-12(18)8-17-7-5-4-6-11(17)13(19)20/h11H,3-8H2,1-2H3,(H,19,20)(H,15,16,18). The van der Waals surface area contributed by atoms with Crippen molar-refractivity contribution in [3.8, 4) is 0 Å². The molecule has 1 amide bonds. The lowest BCUT2D eigenvalue weighted by Gasteiger charge is -2.31. The summed E-state index contributed by atoms with van der Waals surface area (Å²) in [6.07, 6.45) is 3.29. The minimum Gasteiger partial charge on any atom is -0.480 e. The number of aromatic nitrogens is 1. The Morgan fingerprint density at radius 3 is 2.86 bits per heavy atom. The first kappa shape index (κ1) is 15.9. The summed E-state index contributed by atoms with van der Waals surface area (Å²) < 4.78 is 0. The summed E-state index contributed by atoms with van der Waals surface area (Å²) >= 11 is 1.46. The van der Waals surface area contributed by atoms with Crippen molar-refractivity contribution in [2.75, 3.05) is 18.4 Å². The topological polar surface area (TPSA) is 82.5 Å². The number of aryl methyl sites for hydroxylation is 2. The highest BCUT2D eigenvalue weighted by atomic mass is 32.1. The lowest BCUT2D eigenvalue weighted by atomic mass is 10.0. The van der Waals surface area contributed by atoms with E-state index >= 15 is 0 Å². The van der Waals surface area contributed by atoms with E-state index in [1.165, 1.54) is 11.3 Å². The molecule has 2 rings (SSSR count). The molecule has 1 fully saturated rings. The van der Waals surface area contributed by atoms with E-state index in [9.17, 15) is 14.7 Å². The van der Waals surface area contributed by atoms with Gasteiger partial charge in [0.1, 0.15) is 6.04 Å². The maximum Gasteiger partial charge on any atom is 0.320 e. The number of carbonyl (C=O) groups is 2. The zero-order valence-corrected chi connectivity index (χ0v) is 13.2. The fourth-order valence-electron chi connectivity index (χ4n) is 2.61. The molecule has 1 aromatic heterocycles. The third kappa shape index (κ3) is 4.01. The second kappa shape index (κ2) is 7.00. The number of nitrogens with zero attached hydrogens (tertiary/aromatic N) is 2. The maximum atomic E-state index is 12.1. The Kier molecular flexibility index (Phi) is 5.30. The summed E-state index contributed by atoms with van der Waals surface area (Å²) in [6.45, 7) is 4.77. The van der Waals surface area contributed by atoms with Crippen molar-refractivity contribution < 1.29 is 14.7 Å². The molecule has 1 aromatic rings. The van der Waals surface area contributed by atoms with Gasteiger partial charge in [-0.1, -0.05) is 13.3 Å². The lowest BCUT2D eigenvalue weighted by Crippen LogP contribution is -2.47. The molecule has 1 saturated heterocycles. The van der Waals surface area contributed by atoms with Crippen molar-refractivity contribution in [1.29, 1.82) is 0 Å². The van der Waals surface area contributed by atoms with Gasteiger partial charge in [0.2, 0.25) is 5.91 Å². The molecule has 7 heteroatoms. The van der Waals surface area contributed by atoms with Crippen molar-refractivity contribution in [3.63, 3.8) is 0 Å². The fourth-order valence-corrected chi connectivity index (χ4v) is 3.53. The molecule has 0 aliphatic carbocycles. The van der Waals surface area contributed by atoms with E-state index in [-0.39, 0.29) is 12.5 Å². The number of carbonyl (C=O) groups excluding carboxylic acids is 1. The molecule has 1 aliphatic rings. The highest BCUT2D eigenvalue weighted by Crippen LogP contribution is 2.22. The number of amides is 1. The van der Waals surface area contributed by atoms with Crippen LogP contribution in [0.5, 0.6) is 0 Å². The molecule has 1 aliphatic heterocycles. The van der Waals surface area contributed by atoms with E-state index in [1.807, 2.05) is 13.8 Å². The molecule has 0 saturated carbocycles. The number of nitrogens with one attached hydrogen (secondary N) is 1. The molecule has 2 N–H and O–H groups in total. The molecular weight excluding hydrogens is 290 g/mol. The second-order valence-electron chi connectivity index (χ2n) is 5.24. The Balaban J connectivity index is 1.95. The molecule has 2 heterocycles. The van der Waals surface area contributed by atoms with Crippen molar-refractivity contribution in [2.45, 2.75) is 45.6 Å². The largest absolute Gasteiger partial charge is 0.480 e. The van der Waals surface area contributed by atoms with Crippen LogP contribution < -0.4 is 5.32 Å². The quantitative estimate of drug-likeness (QED) is 0.868. The molecule has 21 heavy (non-hydrogen) atoms. The number of aliphatic carboxylic acids is 1. The SMILES string of the molecule is CCc1nc(NC(=O)CN2CCCCC2C(=O)O)sc1C. The maximum absolute atomic E-state index is 12.1. The molecule has 6 nitrogen and oxygen atoms in total. The van der Waals surface area contributed by atoms with Crippen LogP contribution in [0.4, 0.5) is 5.13 Å². The number of thiazole rings is 1. The smallest absolute Gasteiger partial charge is 0.320 e. The number of hydrogen-bond donors (Lipinski definition) is 2. The van der Waals surface area contributed by atoms with Crippen molar-refractivity contribution in [3.05, 3.63) is 10.6 Å². The number of carboxylic acids is 1. The van der Waals surface area contributed by atoms with E-state index in [0.717, 1.165) is 29.8 Å². The van der Waals surface area contributed by atoms with Crippen LogP contribution in [0.2, 0.25) is 0 Å². The summed E-state index contributed by atoms with van der Waals surface area (Å²) in [4.78, 5) is 30.5. The molecule has 0 bridgehead atoms.